The minimum absolute atomic E-state index is 0.000520. The molecular formula is C14H12O4. The van der Waals surface area contributed by atoms with Gasteiger partial charge in [-0.05, 0) is 12.5 Å². The van der Waals surface area contributed by atoms with Crippen LogP contribution >= 0.6 is 0 Å². The SMILES string of the molecule is CC(=O)c1cocc(OCc2ccccc2)c1=O. The van der Waals surface area contributed by atoms with E-state index < -0.39 is 5.43 Å². The molecule has 0 N–H and O–H groups in total. The molecule has 2 aromatic rings. The molecule has 0 saturated carbocycles. The molecule has 1 heterocycles. The van der Waals surface area contributed by atoms with Gasteiger partial charge in [0, 0.05) is 0 Å². The predicted octanol–water partition coefficient (Wildman–Crippen LogP) is 2.42. The van der Waals surface area contributed by atoms with Crippen LogP contribution in [0.1, 0.15) is 22.8 Å². The van der Waals surface area contributed by atoms with Gasteiger partial charge in [-0.1, -0.05) is 30.3 Å². The Kier molecular flexibility index (Phi) is 3.57. The van der Waals surface area contributed by atoms with Gasteiger partial charge >= 0.3 is 0 Å². The number of ketones is 1. The van der Waals surface area contributed by atoms with E-state index in [1.165, 1.54) is 13.2 Å². The fourth-order valence-electron chi connectivity index (χ4n) is 1.48. The highest BCUT2D eigenvalue weighted by Gasteiger charge is 2.11. The quantitative estimate of drug-likeness (QED) is 0.775. The van der Waals surface area contributed by atoms with E-state index in [1.807, 2.05) is 30.3 Å². The standard InChI is InChI=1S/C14H12O4/c1-10(15)12-8-17-9-13(14(12)16)18-7-11-5-3-2-4-6-11/h2-6,8-9H,7H2,1H3. The minimum Gasteiger partial charge on any atom is -0.482 e. The molecule has 2 rings (SSSR count). The molecule has 0 fully saturated rings. The molecule has 4 heteroatoms. The molecule has 1 aromatic heterocycles. The smallest absolute Gasteiger partial charge is 0.237 e. The van der Waals surface area contributed by atoms with E-state index in [1.54, 1.807) is 0 Å². The molecule has 4 nitrogen and oxygen atoms in total. The van der Waals surface area contributed by atoms with Gasteiger partial charge in [0.25, 0.3) is 0 Å². The van der Waals surface area contributed by atoms with Crippen molar-refractivity contribution in [1.29, 1.82) is 0 Å². The van der Waals surface area contributed by atoms with Crippen molar-refractivity contribution in [2.24, 2.45) is 0 Å². The lowest BCUT2D eigenvalue weighted by atomic mass is 10.2. The summed E-state index contributed by atoms with van der Waals surface area (Å²) in [7, 11) is 0. The Morgan fingerprint density at radius 1 is 1.22 bits per heavy atom. The Labute approximate surface area is 104 Å². The molecule has 92 valence electrons. The van der Waals surface area contributed by atoms with Gasteiger partial charge in [0.2, 0.25) is 11.2 Å². The summed E-state index contributed by atoms with van der Waals surface area (Å²) in [6.45, 7) is 1.57. The zero-order chi connectivity index (χ0) is 13.0. The predicted molar refractivity (Wildman–Crippen MR) is 65.8 cm³/mol. The third-order valence-electron chi connectivity index (χ3n) is 2.45. The first-order valence-electron chi connectivity index (χ1n) is 5.46. The zero-order valence-corrected chi connectivity index (χ0v) is 9.88. The molecule has 0 aliphatic carbocycles. The van der Waals surface area contributed by atoms with Crippen molar-refractivity contribution in [2.75, 3.05) is 0 Å². The van der Waals surface area contributed by atoms with Crippen molar-refractivity contribution < 1.29 is 13.9 Å². The van der Waals surface area contributed by atoms with E-state index in [2.05, 4.69) is 0 Å². The van der Waals surface area contributed by atoms with E-state index in [9.17, 15) is 9.59 Å². The summed E-state index contributed by atoms with van der Waals surface area (Å²) in [4.78, 5) is 23.0. The van der Waals surface area contributed by atoms with Crippen molar-refractivity contribution >= 4 is 5.78 Å². The first-order chi connectivity index (χ1) is 8.68. The number of rotatable bonds is 4. The Morgan fingerprint density at radius 3 is 2.61 bits per heavy atom. The van der Waals surface area contributed by atoms with Crippen LogP contribution in [0.25, 0.3) is 0 Å². The Balaban J connectivity index is 2.18. The zero-order valence-electron chi connectivity index (χ0n) is 9.88. The summed E-state index contributed by atoms with van der Waals surface area (Å²) in [5, 5.41) is 0. The summed E-state index contributed by atoms with van der Waals surface area (Å²) in [5.74, 6) is -0.291. The number of hydrogen-bond donors (Lipinski definition) is 0. The van der Waals surface area contributed by atoms with E-state index in [-0.39, 0.29) is 23.7 Å². The van der Waals surface area contributed by atoms with Gasteiger partial charge in [-0.15, -0.1) is 0 Å². The van der Waals surface area contributed by atoms with Gasteiger partial charge in [-0.2, -0.15) is 0 Å². The molecule has 0 spiro atoms. The maximum absolute atomic E-state index is 11.8. The van der Waals surface area contributed by atoms with Gasteiger partial charge in [0.05, 0.1) is 0 Å². The molecule has 0 unspecified atom stereocenters. The van der Waals surface area contributed by atoms with Crippen LogP contribution in [0.15, 0.2) is 52.1 Å². The average Bonchev–Trinajstić information content (AvgIpc) is 2.38. The second kappa shape index (κ2) is 5.31. The summed E-state index contributed by atoms with van der Waals surface area (Å²) in [5.41, 5.74) is 0.496. The normalized spacial score (nSPS) is 10.1. The summed E-state index contributed by atoms with van der Waals surface area (Å²) in [6.07, 6.45) is 2.34. The number of Topliss-reactive ketones (excluding diaryl/α,β-unsaturated/α-hetero) is 1. The first kappa shape index (κ1) is 12.1. The third kappa shape index (κ3) is 2.66. The molecule has 0 aliphatic rings. The van der Waals surface area contributed by atoms with Crippen molar-refractivity contribution in [3.8, 4) is 5.75 Å². The fraction of sp³-hybridized carbons (Fsp3) is 0.143. The van der Waals surface area contributed by atoms with Crippen LogP contribution in [0.3, 0.4) is 0 Å². The van der Waals surface area contributed by atoms with Crippen LogP contribution in [0, 0.1) is 0 Å². The molecule has 0 bridgehead atoms. The highest BCUT2D eigenvalue weighted by Crippen LogP contribution is 2.09. The summed E-state index contributed by atoms with van der Waals surface area (Å²) >= 11 is 0. The highest BCUT2D eigenvalue weighted by molar-refractivity contribution is 5.93. The number of benzene rings is 1. The molecular weight excluding hydrogens is 232 g/mol. The number of carbonyl (C=O) groups excluding carboxylic acids is 1. The molecule has 0 radical (unpaired) electrons. The fourth-order valence-corrected chi connectivity index (χ4v) is 1.48. The lowest BCUT2D eigenvalue weighted by Gasteiger charge is -2.05. The van der Waals surface area contributed by atoms with E-state index in [4.69, 9.17) is 9.15 Å². The van der Waals surface area contributed by atoms with Crippen LogP contribution < -0.4 is 10.2 Å². The minimum atomic E-state index is -0.440. The van der Waals surface area contributed by atoms with E-state index in [0.717, 1.165) is 11.8 Å². The van der Waals surface area contributed by atoms with Crippen LogP contribution in [0.5, 0.6) is 5.75 Å². The second-order valence-electron chi connectivity index (χ2n) is 3.81. The van der Waals surface area contributed by atoms with Crippen LogP contribution in [0.4, 0.5) is 0 Å². The van der Waals surface area contributed by atoms with Gasteiger partial charge < -0.3 is 9.15 Å². The second-order valence-corrected chi connectivity index (χ2v) is 3.81. The van der Waals surface area contributed by atoms with Crippen LogP contribution in [0.2, 0.25) is 0 Å². The molecule has 1 aromatic carbocycles. The van der Waals surface area contributed by atoms with Crippen molar-refractivity contribution in [2.45, 2.75) is 13.5 Å². The van der Waals surface area contributed by atoms with Crippen molar-refractivity contribution in [1.82, 2.24) is 0 Å². The number of carbonyl (C=O) groups is 1. The maximum atomic E-state index is 11.8. The van der Waals surface area contributed by atoms with E-state index in [0.29, 0.717) is 0 Å². The maximum Gasteiger partial charge on any atom is 0.237 e. The van der Waals surface area contributed by atoms with Gasteiger partial charge in [-0.3, -0.25) is 9.59 Å². The molecule has 0 atom stereocenters. The Bertz CT molecular complexity index is 599. The van der Waals surface area contributed by atoms with Gasteiger partial charge in [0.1, 0.15) is 24.7 Å². The van der Waals surface area contributed by atoms with Gasteiger partial charge in [-0.25, -0.2) is 0 Å². The average molecular weight is 244 g/mol. The molecule has 0 aliphatic heterocycles. The lowest BCUT2D eigenvalue weighted by Crippen LogP contribution is -2.15. The number of ether oxygens (including phenoxy) is 1. The topological polar surface area (TPSA) is 56.5 Å². The van der Waals surface area contributed by atoms with Crippen LogP contribution in [-0.4, -0.2) is 5.78 Å². The first-order valence-corrected chi connectivity index (χ1v) is 5.46. The van der Waals surface area contributed by atoms with Crippen molar-refractivity contribution in [3.63, 3.8) is 0 Å². The van der Waals surface area contributed by atoms with Crippen LogP contribution in [-0.2, 0) is 6.61 Å². The summed E-state index contributed by atoms with van der Waals surface area (Å²) in [6, 6.07) is 9.43. The lowest BCUT2D eigenvalue weighted by molar-refractivity contribution is 0.101. The molecule has 0 amide bonds. The molecule has 18 heavy (non-hydrogen) atoms. The number of hydrogen-bond acceptors (Lipinski definition) is 4. The largest absolute Gasteiger partial charge is 0.482 e. The van der Waals surface area contributed by atoms with E-state index >= 15 is 0 Å². The third-order valence-corrected chi connectivity index (χ3v) is 2.45. The monoisotopic (exact) mass is 244 g/mol. The summed E-state index contributed by atoms with van der Waals surface area (Å²) < 4.78 is 10.3. The Morgan fingerprint density at radius 2 is 1.94 bits per heavy atom. The molecule has 0 saturated heterocycles. The highest BCUT2D eigenvalue weighted by atomic mass is 16.5. The van der Waals surface area contributed by atoms with Crippen molar-refractivity contribution in [3.05, 3.63) is 64.2 Å². The van der Waals surface area contributed by atoms with Gasteiger partial charge in [0.15, 0.2) is 5.78 Å². The Hall–Kier alpha value is -2.36.